The fraction of sp³-hybridized carbons (Fsp3) is 0.174. The molecule has 0 unspecified atom stereocenters. The lowest BCUT2D eigenvalue weighted by Gasteiger charge is -2.10. The van der Waals surface area contributed by atoms with Crippen molar-refractivity contribution >= 4 is 51.2 Å². The van der Waals surface area contributed by atoms with E-state index in [0.717, 1.165) is 27.9 Å². The average molecular weight is 507 g/mol. The van der Waals surface area contributed by atoms with Crippen LogP contribution < -0.4 is 10.4 Å². The summed E-state index contributed by atoms with van der Waals surface area (Å²) < 4.78 is 9.91. The lowest BCUT2D eigenvalue weighted by atomic mass is 10.2. The Hall–Kier alpha value is -2.21. The van der Waals surface area contributed by atoms with Crippen LogP contribution in [-0.4, -0.2) is 15.7 Å². The number of ether oxygens (including phenoxy) is 1. The number of benzene rings is 3. The highest BCUT2D eigenvalue weighted by Gasteiger charge is 2.12. The van der Waals surface area contributed by atoms with Crippen molar-refractivity contribution in [3.8, 4) is 5.75 Å². The van der Waals surface area contributed by atoms with Crippen LogP contribution in [-0.2, 0) is 13.1 Å². The number of aryl methyl sites for hydroxylation is 1. The Kier molecular flexibility index (Phi) is 7.29. The molecule has 0 saturated carbocycles. The van der Waals surface area contributed by atoms with Crippen molar-refractivity contribution in [3.63, 3.8) is 0 Å². The van der Waals surface area contributed by atoms with Gasteiger partial charge in [-0.15, -0.1) is 17.0 Å². The normalized spacial score (nSPS) is 10.8. The van der Waals surface area contributed by atoms with Crippen molar-refractivity contribution in [2.24, 2.45) is 0 Å². The first-order chi connectivity index (χ1) is 14.0. The van der Waals surface area contributed by atoms with Gasteiger partial charge in [0.1, 0.15) is 12.4 Å². The highest BCUT2D eigenvalue weighted by molar-refractivity contribution is 8.93. The van der Waals surface area contributed by atoms with E-state index in [-0.39, 0.29) is 17.0 Å². The van der Waals surface area contributed by atoms with Crippen LogP contribution in [0.15, 0.2) is 66.7 Å². The van der Waals surface area contributed by atoms with Crippen LogP contribution in [0.4, 0.5) is 0 Å². The smallest absolute Gasteiger partial charge is 0.203 e. The van der Waals surface area contributed by atoms with Crippen LogP contribution in [0.3, 0.4) is 0 Å². The molecular formula is C23H22BrCl2N3O. The summed E-state index contributed by atoms with van der Waals surface area (Å²) in [5.41, 5.74) is 4.53. The Labute approximate surface area is 195 Å². The maximum Gasteiger partial charge on any atom is 0.203 e. The van der Waals surface area contributed by atoms with E-state index < -0.39 is 0 Å². The molecule has 1 heterocycles. The summed E-state index contributed by atoms with van der Waals surface area (Å²) in [6.45, 7) is 3.65. The fourth-order valence-electron chi connectivity index (χ4n) is 3.47. The van der Waals surface area contributed by atoms with Gasteiger partial charge in [-0.2, -0.15) is 0 Å². The molecule has 0 amide bonds. The van der Waals surface area contributed by atoms with Crippen LogP contribution in [0, 0.1) is 12.3 Å². The van der Waals surface area contributed by atoms with Crippen LogP contribution in [0.25, 0.3) is 11.0 Å². The minimum atomic E-state index is 0. The third-order valence-electron chi connectivity index (χ3n) is 4.97. The zero-order valence-corrected chi connectivity index (χ0v) is 19.7. The second kappa shape index (κ2) is 9.73. The second-order valence-corrected chi connectivity index (χ2v) is 7.73. The van der Waals surface area contributed by atoms with Gasteiger partial charge < -0.3 is 13.9 Å². The van der Waals surface area contributed by atoms with Crippen LogP contribution >= 0.6 is 40.2 Å². The van der Waals surface area contributed by atoms with Crippen LogP contribution in [0.2, 0.25) is 10.0 Å². The van der Waals surface area contributed by atoms with Crippen molar-refractivity contribution in [2.45, 2.75) is 20.0 Å². The monoisotopic (exact) mass is 505 g/mol. The molecule has 30 heavy (non-hydrogen) atoms. The molecule has 156 valence electrons. The number of nitrogens with zero attached hydrogens (tertiary/aromatic N) is 2. The predicted molar refractivity (Wildman–Crippen MR) is 128 cm³/mol. The van der Waals surface area contributed by atoms with Crippen molar-refractivity contribution in [1.29, 1.82) is 5.41 Å². The molecule has 0 aliphatic rings. The minimum absolute atomic E-state index is 0. The molecule has 0 radical (unpaired) electrons. The Morgan fingerprint density at radius 2 is 1.53 bits per heavy atom. The van der Waals surface area contributed by atoms with Gasteiger partial charge in [0.2, 0.25) is 5.62 Å². The summed E-state index contributed by atoms with van der Waals surface area (Å²) in [5, 5.41) is 9.81. The minimum Gasteiger partial charge on any atom is -0.491 e. The largest absolute Gasteiger partial charge is 0.491 e. The molecule has 0 atom stereocenters. The standard InChI is InChI=1S/C23H21Cl2N3O.BrH/c1-16-6-2-5-9-22(16)29-13-12-27-20-7-3-4-8-21(20)28(23(27)26)15-17-10-11-18(24)19(25)14-17;/h2-11,14,26H,12-13,15H2,1H3;1H. The highest BCUT2D eigenvalue weighted by Crippen LogP contribution is 2.24. The number of halogens is 3. The number of nitrogens with one attached hydrogen (secondary N) is 1. The molecule has 4 aromatic rings. The summed E-state index contributed by atoms with van der Waals surface area (Å²) in [6.07, 6.45) is 0. The number of para-hydroxylation sites is 3. The van der Waals surface area contributed by atoms with Gasteiger partial charge in [-0.3, -0.25) is 5.41 Å². The lowest BCUT2D eigenvalue weighted by Crippen LogP contribution is -2.27. The number of aromatic nitrogens is 2. The number of imidazole rings is 1. The Morgan fingerprint density at radius 1 is 0.867 bits per heavy atom. The molecule has 4 rings (SSSR count). The van der Waals surface area contributed by atoms with E-state index in [9.17, 15) is 0 Å². The van der Waals surface area contributed by atoms with E-state index in [1.54, 1.807) is 6.07 Å². The predicted octanol–water partition coefficient (Wildman–Crippen LogP) is 6.24. The van der Waals surface area contributed by atoms with Gasteiger partial charge >= 0.3 is 0 Å². The maximum absolute atomic E-state index is 8.76. The van der Waals surface area contributed by atoms with E-state index in [1.165, 1.54) is 0 Å². The average Bonchev–Trinajstić information content (AvgIpc) is 2.98. The topological polar surface area (TPSA) is 42.9 Å². The highest BCUT2D eigenvalue weighted by atomic mass is 79.9. The molecular weight excluding hydrogens is 485 g/mol. The van der Waals surface area contributed by atoms with Gasteiger partial charge in [0.15, 0.2) is 0 Å². The number of fused-ring (bicyclic) bond motifs is 1. The van der Waals surface area contributed by atoms with E-state index in [4.69, 9.17) is 33.3 Å². The lowest BCUT2D eigenvalue weighted by molar-refractivity contribution is 0.295. The first-order valence-corrected chi connectivity index (χ1v) is 10.1. The third kappa shape index (κ3) is 4.59. The van der Waals surface area contributed by atoms with Crippen molar-refractivity contribution < 1.29 is 4.74 Å². The molecule has 0 spiro atoms. The summed E-state index contributed by atoms with van der Waals surface area (Å²) in [6, 6.07) is 21.6. The first kappa shape index (κ1) is 22.5. The molecule has 0 aliphatic heterocycles. The first-order valence-electron chi connectivity index (χ1n) is 9.39. The summed E-state index contributed by atoms with van der Waals surface area (Å²) in [7, 11) is 0. The molecule has 0 aliphatic carbocycles. The van der Waals surface area contributed by atoms with Gasteiger partial charge in [0.05, 0.1) is 34.2 Å². The quantitative estimate of drug-likeness (QED) is 0.330. The zero-order chi connectivity index (χ0) is 20.4. The Morgan fingerprint density at radius 3 is 2.23 bits per heavy atom. The SMILES string of the molecule is Br.Cc1ccccc1OCCn1c(=N)n(Cc2ccc(Cl)c(Cl)c2)c2ccccc21. The van der Waals surface area contributed by atoms with Crippen LogP contribution in [0.1, 0.15) is 11.1 Å². The Bertz CT molecular complexity index is 1230. The number of rotatable bonds is 6. The molecule has 0 bridgehead atoms. The van der Waals surface area contributed by atoms with Crippen molar-refractivity contribution in [1.82, 2.24) is 9.13 Å². The summed E-state index contributed by atoms with van der Waals surface area (Å²) >= 11 is 12.2. The molecule has 0 fully saturated rings. The molecule has 0 saturated heterocycles. The van der Waals surface area contributed by atoms with Gasteiger partial charge in [-0.1, -0.05) is 59.6 Å². The molecule has 1 aromatic heterocycles. The van der Waals surface area contributed by atoms with Gasteiger partial charge in [-0.25, -0.2) is 0 Å². The Balaban J connectivity index is 0.00000256. The van der Waals surface area contributed by atoms with Crippen LogP contribution in [0.5, 0.6) is 5.75 Å². The number of hydrogen-bond donors (Lipinski definition) is 1. The number of hydrogen-bond acceptors (Lipinski definition) is 2. The third-order valence-corrected chi connectivity index (χ3v) is 5.70. The van der Waals surface area contributed by atoms with E-state index in [1.807, 2.05) is 76.7 Å². The fourth-order valence-corrected chi connectivity index (χ4v) is 3.79. The molecule has 7 heteroatoms. The van der Waals surface area contributed by atoms with Crippen molar-refractivity contribution in [2.75, 3.05) is 6.61 Å². The molecule has 3 aromatic carbocycles. The van der Waals surface area contributed by atoms with E-state index in [2.05, 4.69) is 0 Å². The van der Waals surface area contributed by atoms with Gasteiger partial charge in [0.25, 0.3) is 0 Å². The molecule has 1 N–H and O–H groups in total. The molecule has 4 nitrogen and oxygen atoms in total. The van der Waals surface area contributed by atoms with E-state index >= 15 is 0 Å². The van der Waals surface area contributed by atoms with Crippen molar-refractivity contribution in [3.05, 3.63) is 93.5 Å². The maximum atomic E-state index is 8.76. The summed E-state index contributed by atoms with van der Waals surface area (Å²) in [5.74, 6) is 0.874. The van der Waals surface area contributed by atoms with Gasteiger partial charge in [0, 0.05) is 0 Å². The summed E-state index contributed by atoms with van der Waals surface area (Å²) in [4.78, 5) is 0. The second-order valence-electron chi connectivity index (χ2n) is 6.91. The van der Waals surface area contributed by atoms with E-state index in [0.29, 0.717) is 35.4 Å². The van der Waals surface area contributed by atoms with Gasteiger partial charge in [-0.05, 0) is 48.4 Å². The zero-order valence-electron chi connectivity index (χ0n) is 16.4.